The Morgan fingerprint density at radius 3 is 2.27 bits per heavy atom. The molecule has 0 radical (unpaired) electrons. The van der Waals surface area contributed by atoms with Gasteiger partial charge in [-0.2, -0.15) is 0 Å². The van der Waals surface area contributed by atoms with Crippen LogP contribution in [0.15, 0.2) is 59.8 Å². The van der Waals surface area contributed by atoms with Gasteiger partial charge in [-0.25, -0.2) is 4.79 Å². The molecule has 3 rings (SSSR count). The molecule has 136 valence electrons. The van der Waals surface area contributed by atoms with Crippen LogP contribution in [-0.2, 0) is 4.84 Å². The minimum Gasteiger partial charge on any atom is -0.399 e. The van der Waals surface area contributed by atoms with Gasteiger partial charge >= 0.3 is 6.03 Å². The standard InChI is InChI=1S/C21H25N3O2/c1-24(20-14-12-19(13-15-20)23-26-2)21(25)22-18-10-8-17(9-11-18)16-6-4-3-5-7-16/h3-11,20H,12-15H2,1-2H3,(H,22,25). The lowest BCUT2D eigenvalue weighted by Crippen LogP contribution is -2.42. The number of nitrogens with zero attached hydrogens (tertiary/aromatic N) is 2. The number of hydrogen-bond donors (Lipinski definition) is 1. The number of hydrogen-bond acceptors (Lipinski definition) is 3. The molecule has 0 aromatic heterocycles. The van der Waals surface area contributed by atoms with Gasteiger partial charge in [0.1, 0.15) is 7.11 Å². The molecule has 0 spiro atoms. The molecule has 2 aromatic carbocycles. The van der Waals surface area contributed by atoms with E-state index in [0.29, 0.717) is 0 Å². The first kappa shape index (κ1) is 18.0. The van der Waals surface area contributed by atoms with Crippen LogP contribution in [0.3, 0.4) is 0 Å². The number of rotatable bonds is 4. The van der Waals surface area contributed by atoms with Crippen molar-refractivity contribution < 1.29 is 9.63 Å². The van der Waals surface area contributed by atoms with E-state index >= 15 is 0 Å². The number of oxime groups is 1. The summed E-state index contributed by atoms with van der Waals surface area (Å²) in [7, 11) is 3.43. The first-order valence-electron chi connectivity index (χ1n) is 8.95. The van der Waals surface area contributed by atoms with Crippen molar-refractivity contribution in [3.63, 3.8) is 0 Å². The van der Waals surface area contributed by atoms with Crippen LogP contribution in [-0.4, -0.2) is 36.8 Å². The molecular formula is C21H25N3O2. The second kappa shape index (κ2) is 8.52. The molecule has 1 N–H and O–H groups in total. The van der Waals surface area contributed by atoms with Gasteiger partial charge in [-0.15, -0.1) is 0 Å². The van der Waals surface area contributed by atoms with Gasteiger partial charge in [-0.1, -0.05) is 47.6 Å². The maximum Gasteiger partial charge on any atom is 0.321 e. The van der Waals surface area contributed by atoms with Crippen LogP contribution in [0.25, 0.3) is 11.1 Å². The molecule has 0 unspecified atom stereocenters. The van der Waals surface area contributed by atoms with Gasteiger partial charge in [0.25, 0.3) is 0 Å². The second-order valence-electron chi connectivity index (χ2n) is 6.56. The molecule has 1 fully saturated rings. The van der Waals surface area contributed by atoms with Crippen molar-refractivity contribution in [2.45, 2.75) is 31.7 Å². The summed E-state index contributed by atoms with van der Waals surface area (Å²) in [5.74, 6) is 0. The molecule has 5 nitrogen and oxygen atoms in total. The van der Waals surface area contributed by atoms with Crippen molar-refractivity contribution in [1.29, 1.82) is 0 Å². The minimum absolute atomic E-state index is 0.0745. The number of nitrogens with one attached hydrogen (secondary N) is 1. The summed E-state index contributed by atoms with van der Waals surface area (Å²) in [4.78, 5) is 19.2. The lowest BCUT2D eigenvalue weighted by Gasteiger charge is -2.31. The number of amides is 2. The highest BCUT2D eigenvalue weighted by atomic mass is 16.6. The number of benzene rings is 2. The molecule has 0 aliphatic heterocycles. The first-order valence-corrected chi connectivity index (χ1v) is 8.95. The molecule has 1 aliphatic carbocycles. The van der Waals surface area contributed by atoms with Gasteiger partial charge in [0, 0.05) is 18.8 Å². The second-order valence-corrected chi connectivity index (χ2v) is 6.56. The summed E-state index contributed by atoms with van der Waals surface area (Å²) < 4.78 is 0. The number of anilines is 1. The maximum absolute atomic E-state index is 12.5. The van der Waals surface area contributed by atoms with Crippen molar-refractivity contribution in [2.75, 3.05) is 19.5 Å². The normalized spacial score (nSPS) is 16.7. The average Bonchev–Trinajstić information content (AvgIpc) is 2.69. The number of carbonyl (C=O) groups excluding carboxylic acids is 1. The van der Waals surface area contributed by atoms with Crippen molar-refractivity contribution >= 4 is 17.4 Å². The Hall–Kier alpha value is -2.82. The fourth-order valence-electron chi connectivity index (χ4n) is 3.30. The van der Waals surface area contributed by atoms with Crippen LogP contribution in [0.2, 0.25) is 0 Å². The Bertz CT molecular complexity index is 747. The largest absolute Gasteiger partial charge is 0.399 e. The van der Waals surface area contributed by atoms with E-state index in [2.05, 4.69) is 22.6 Å². The molecule has 5 heteroatoms. The van der Waals surface area contributed by atoms with E-state index in [9.17, 15) is 4.79 Å². The molecule has 26 heavy (non-hydrogen) atoms. The first-order chi connectivity index (χ1) is 12.7. The van der Waals surface area contributed by atoms with Crippen molar-refractivity contribution in [3.05, 3.63) is 54.6 Å². The molecule has 0 saturated heterocycles. The van der Waals surface area contributed by atoms with Crippen LogP contribution >= 0.6 is 0 Å². The Morgan fingerprint density at radius 2 is 1.65 bits per heavy atom. The summed E-state index contributed by atoms with van der Waals surface area (Å²) in [5, 5.41) is 7.01. The summed E-state index contributed by atoms with van der Waals surface area (Å²) in [5.41, 5.74) is 4.18. The van der Waals surface area contributed by atoms with E-state index in [-0.39, 0.29) is 12.1 Å². The average molecular weight is 351 g/mol. The van der Waals surface area contributed by atoms with E-state index in [4.69, 9.17) is 4.84 Å². The van der Waals surface area contributed by atoms with Crippen molar-refractivity contribution in [2.24, 2.45) is 5.16 Å². The van der Waals surface area contributed by atoms with Crippen LogP contribution in [0.1, 0.15) is 25.7 Å². The van der Waals surface area contributed by atoms with Gasteiger partial charge in [0.05, 0.1) is 5.71 Å². The molecule has 0 bridgehead atoms. The van der Waals surface area contributed by atoms with Gasteiger partial charge in [-0.05, 0) is 48.9 Å². The van der Waals surface area contributed by atoms with E-state index in [1.807, 2.05) is 49.5 Å². The predicted octanol–water partition coefficient (Wildman–Crippen LogP) is 4.76. The van der Waals surface area contributed by atoms with E-state index in [1.54, 1.807) is 12.0 Å². The van der Waals surface area contributed by atoms with Crippen LogP contribution in [0, 0.1) is 0 Å². The van der Waals surface area contributed by atoms with Crippen LogP contribution < -0.4 is 5.32 Å². The third kappa shape index (κ3) is 4.42. The molecule has 0 heterocycles. The fraction of sp³-hybridized carbons (Fsp3) is 0.333. The molecule has 2 aromatic rings. The topological polar surface area (TPSA) is 53.9 Å². The summed E-state index contributed by atoms with van der Waals surface area (Å²) in [6.07, 6.45) is 3.59. The van der Waals surface area contributed by atoms with E-state index in [0.717, 1.165) is 42.6 Å². The highest BCUT2D eigenvalue weighted by Crippen LogP contribution is 2.23. The third-order valence-electron chi connectivity index (χ3n) is 4.86. The lowest BCUT2D eigenvalue weighted by molar-refractivity contribution is 0.191. The molecule has 2 amide bonds. The fourth-order valence-corrected chi connectivity index (χ4v) is 3.30. The Balaban J connectivity index is 1.57. The lowest BCUT2D eigenvalue weighted by atomic mass is 9.93. The number of urea groups is 1. The van der Waals surface area contributed by atoms with Crippen molar-refractivity contribution in [3.8, 4) is 11.1 Å². The third-order valence-corrected chi connectivity index (χ3v) is 4.86. The Labute approximate surface area is 154 Å². The summed E-state index contributed by atoms with van der Waals surface area (Å²) in [6.45, 7) is 0. The Morgan fingerprint density at radius 1 is 1.04 bits per heavy atom. The zero-order chi connectivity index (χ0) is 18.4. The van der Waals surface area contributed by atoms with Crippen molar-refractivity contribution in [1.82, 2.24) is 4.90 Å². The van der Waals surface area contributed by atoms with Gasteiger partial charge in [-0.3, -0.25) is 0 Å². The van der Waals surface area contributed by atoms with E-state index < -0.39 is 0 Å². The Kier molecular flexibility index (Phi) is 5.89. The molecule has 0 atom stereocenters. The highest BCUT2D eigenvalue weighted by Gasteiger charge is 2.24. The van der Waals surface area contributed by atoms with E-state index in [1.165, 1.54) is 5.56 Å². The molecule has 1 aliphatic rings. The summed E-state index contributed by atoms with van der Waals surface area (Å²) in [6, 6.07) is 18.3. The monoisotopic (exact) mass is 351 g/mol. The zero-order valence-electron chi connectivity index (χ0n) is 15.3. The molecular weight excluding hydrogens is 326 g/mol. The van der Waals surface area contributed by atoms with Crippen LogP contribution in [0.5, 0.6) is 0 Å². The summed E-state index contributed by atoms with van der Waals surface area (Å²) >= 11 is 0. The minimum atomic E-state index is -0.0745. The highest BCUT2D eigenvalue weighted by molar-refractivity contribution is 5.90. The molecule has 1 saturated carbocycles. The zero-order valence-corrected chi connectivity index (χ0v) is 15.3. The maximum atomic E-state index is 12.5. The van der Waals surface area contributed by atoms with Gasteiger partial charge in [0.2, 0.25) is 0 Å². The number of carbonyl (C=O) groups is 1. The SMILES string of the molecule is CON=C1CCC(N(C)C(=O)Nc2ccc(-c3ccccc3)cc2)CC1. The van der Waals surface area contributed by atoms with Gasteiger partial charge in [0.15, 0.2) is 0 Å². The predicted molar refractivity (Wildman–Crippen MR) is 105 cm³/mol. The van der Waals surface area contributed by atoms with Gasteiger partial charge < -0.3 is 15.1 Å². The quantitative estimate of drug-likeness (QED) is 0.807. The smallest absolute Gasteiger partial charge is 0.321 e. The van der Waals surface area contributed by atoms with Crippen LogP contribution in [0.4, 0.5) is 10.5 Å².